The van der Waals surface area contributed by atoms with E-state index in [4.69, 9.17) is 4.37 Å². The molecule has 34 heavy (non-hydrogen) atoms. The highest BCUT2D eigenvalue weighted by Gasteiger charge is 2.30. The summed E-state index contributed by atoms with van der Waals surface area (Å²) in [6, 6.07) is 12.6. The second kappa shape index (κ2) is 9.12. The monoisotopic (exact) mass is 474 g/mol. The Morgan fingerprint density at radius 2 is 1.76 bits per heavy atom. The summed E-state index contributed by atoms with van der Waals surface area (Å²) >= 11 is 1.58. The maximum absolute atomic E-state index is 13.0. The number of aromatic nitrogens is 1. The van der Waals surface area contributed by atoms with Crippen LogP contribution in [0.25, 0.3) is 10.1 Å². The number of fused-ring (bicyclic) bond motifs is 1. The highest BCUT2D eigenvalue weighted by molar-refractivity contribution is 7.13. The van der Waals surface area contributed by atoms with Crippen LogP contribution in [0.4, 0.5) is 11.5 Å². The van der Waals surface area contributed by atoms with E-state index in [1.54, 1.807) is 11.5 Å². The lowest BCUT2D eigenvalue weighted by Gasteiger charge is -2.35. The number of Topliss-reactive ketones (excluding diaryl/α,β-unsaturated/α-hetero) is 1. The molecule has 7 heteroatoms. The van der Waals surface area contributed by atoms with Gasteiger partial charge in [0.2, 0.25) is 5.91 Å². The number of hydrogen-bond donors (Lipinski definition) is 0. The summed E-state index contributed by atoms with van der Waals surface area (Å²) in [5, 5.41) is 1.25. The Morgan fingerprint density at radius 3 is 2.62 bits per heavy atom. The fourth-order valence-corrected chi connectivity index (χ4v) is 6.50. The molecule has 6 rings (SSSR count). The van der Waals surface area contributed by atoms with Gasteiger partial charge in [0, 0.05) is 56.5 Å². The van der Waals surface area contributed by atoms with Gasteiger partial charge in [0.1, 0.15) is 5.82 Å². The first-order valence-electron chi connectivity index (χ1n) is 12.5. The molecular weight excluding hydrogens is 444 g/mol. The third-order valence-electron chi connectivity index (χ3n) is 7.51. The minimum atomic E-state index is 0.232. The van der Waals surface area contributed by atoms with Crippen molar-refractivity contribution < 1.29 is 9.59 Å². The molecule has 4 heterocycles. The SMILES string of the molecule is O=C(CCCN1CCN(c2nsc3ccccc23)CC1)c1cc2c3c(c1)CCC(=O)N3CCC2. The number of carbonyl (C=O) groups is 2. The molecule has 1 aromatic heterocycles. The van der Waals surface area contributed by atoms with Gasteiger partial charge in [-0.15, -0.1) is 0 Å². The third-order valence-corrected chi connectivity index (χ3v) is 8.32. The van der Waals surface area contributed by atoms with Crippen molar-refractivity contribution in [2.24, 2.45) is 0 Å². The molecule has 176 valence electrons. The average Bonchev–Trinajstić information content (AvgIpc) is 3.31. The van der Waals surface area contributed by atoms with Crippen molar-refractivity contribution in [3.63, 3.8) is 0 Å². The molecule has 0 bridgehead atoms. The lowest BCUT2D eigenvalue weighted by Crippen LogP contribution is -2.46. The van der Waals surface area contributed by atoms with Crippen LogP contribution in [-0.2, 0) is 17.6 Å². The first-order chi connectivity index (χ1) is 16.7. The minimum Gasteiger partial charge on any atom is -0.353 e. The Bertz CT molecular complexity index is 1230. The van der Waals surface area contributed by atoms with Gasteiger partial charge in [-0.2, -0.15) is 4.37 Å². The summed E-state index contributed by atoms with van der Waals surface area (Å²) in [6.07, 6.45) is 4.74. The first kappa shape index (κ1) is 21.7. The number of nitrogens with zero attached hydrogens (tertiary/aromatic N) is 4. The largest absolute Gasteiger partial charge is 0.353 e. The van der Waals surface area contributed by atoms with Crippen LogP contribution in [0.15, 0.2) is 36.4 Å². The normalized spacial score (nSPS) is 18.4. The first-order valence-corrected chi connectivity index (χ1v) is 13.3. The summed E-state index contributed by atoms with van der Waals surface area (Å²) in [5.74, 6) is 1.59. The zero-order valence-corrected chi connectivity index (χ0v) is 20.3. The number of hydrogen-bond acceptors (Lipinski definition) is 6. The second-order valence-electron chi connectivity index (χ2n) is 9.65. The van der Waals surface area contributed by atoms with Gasteiger partial charge in [-0.3, -0.25) is 14.5 Å². The molecule has 3 aliphatic heterocycles. The molecule has 0 atom stereocenters. The fraction of sp³-hybridized carbons (Fsp3) is 0.444. The predicted octanol–water partition coefficient (Wildman–Crippen LogP) is 4.31. The zero-order chi connectivity index (χ0) is 23.1. The average molecular weight is 475 g/mol. The maximum atomic E-state index is 13.0. The molecular formula is C27H30N4O2S. The van der Waals surface area contributed by atoms with Crippen molar-refractivity contribution in [2.75, 3.05) is 49.1 Å². The molecule has 6 nitrogen and oxygen atoms in total. The molecule has 0 N–H and O–H groups in total. The number of piperazine rings is 1. The number of rotatable bonds is 6. The molecule has 0 aliphatic carbocycles. The van der Waals surface area contributed by atoms with Gasteiger partial charge in [0.25, 0.3) is 0 Å². The van der Waals surface area contributed by atoms with E-state index in [9.17, 15) is 9.59 Å². The molecule has 1 fully saturated rings. The van der Waals surface area contributed by atoms with Crippen molar-refractivity contribution in [1.82, 2.24) is 9.27 Å². The predicted molar refractivity (Wildman–Crippen MR) is 137 cm³/mol. The van der Waals surface area contributed by atoms with Gasteiger partial charge >= 0.3 is 0 Å². The van der Waals surface area contributed by atoms with Gasteiger partial charge in [-0.25, -0.2) is 0 Å². The van der Waals surface area contributed by atoms with Crippen LogP contribution < -0.4 is 9.80 Å². The van der Waals surface area contributed by atoms with Crippen molar-refractivity contribution in [2.45, 2.75) is 38.5 Å². The van der Waals surface area contributed by atoms with Crippen molar-refractivity contribution in [3.8, 4) is 0 Å². The Morgan fingerprint density at radius 1 is 0.971 bits per heavy atom. The van der Waals surface area contributed by atoms with Crippen LogP contribution in [0.2, 0.25) is 0 Å². The molecule has 0 spiro atoms. The van der Waals surface area contributed by atoms with E-state index in [0.29, 0.717) is 12.8 Å². The van der Waals surface area contributed by atoms with Crippen molar-refractivity contribution in [1.29, 1.82) is 0 Å². The third kappa shape index (κ3) is 4.01. The lowest BCUT2D eigenvalue weighted by atomic mass is 9.88. The standard InChI is InChI=1S/C27H30N4O2S/c32-23(21-17-19-5-3-12-31-25(33)10-9-20(18-21)26(19)31)7-4-11-29-13-15-30(16-14-29)27-22-6-1-2-8-24(22)34-28-27/h1-2,6,8,17-18H,3-5,7,9-16H2. The Kier molecular flexibility index (Phi) is 5.83. The minimum absolute atomic E-state index is 0.232. The van der Waals surface area contributed by atoms with Crippen molar-refractivity contribution >= 4 is 44.8 Å². The second-order valence-corrected chi connectivity index (χ2v) is 10.5. The van der Waals surface area contributed by atoms with Gasteiger partial charge < -0.3 is 9.80 Å². The van der Waals surface area contributed by atoms with E-state index in [0.717, 1.165) is 82.0 Å². The van der Waals surface area contributed by atoms with Crippen LogP contribution in [0.3, 0.4) is 0 Å². The Labute approximate surface area is 204 Å². The van der Waals surface area contributed by atoms with Gasteiger partial charge in [0.05, 0.1) is 10.4 Å². The Hall–Kier alpha value is -2.77. The smallest absolute Gasteiger partial charge is 0.227 e. The van der Waals surface area contributed by atoms with E-state index < -0.39 is 0 Å². The summed E-state index contributed by atoms with van der Waals surface area (Å²) in [6.45, 7) is 5.74. The number of aryl methyl sites for hydroxylation is 2. The fourth-order valence-electron chi connectivity index (χ4n) is 5.71. The summed E-state index contributed by atoms with van der Waals surface area (Å²) in [5.41, 5.74) is 4.31. The number of ketones is 1. The topological polar surface area (TPSA) is 56.8 Å². The van der Waals surface area contributed by atoms with E-state index in [1.165, 1.54) is 21.2 Å². The van der Waals surface area contributed by atoms with E-state index in [-0.39, 0.29) is 11.7 Å². The highest BCUT2D eigenvalue weighted by atomic mass is 32.1. The zero-order valence-electron chi connectivity index (χ0n) is 19.5. The maximum Gasteiger partial charge on any atom is 0.227 e. The molecule has 0 saturated carbocycles. The molecule has 1 amide bonds. The van der Waals surface area contributed by atoms with Gasteiger partial charge in [-0.1, -0.05) is 12.1 Å². The molecule has 2 aromatic carbocycles. The van der Waals surface area contributed by atoms with Gasteiger partial charge in [-0.05, 0) is 79.2 Å². The summed E-state index contributed by atoms with van der Waals surface area (Å²) in [7, 11) is 0. The van der Waals surface area contributed by atoms with Gasteiger partial charge in [0.15, 0.2) is 5.78 Å². The molecule has 1 saturated heterocycles. The molecule has 3 aromatic rings. The van der Waals surface area contributed by atoms with E-state index in [2.05, 4.69) is 46.2 Å². The summed E-state index contributed by atoms with van der Waals surface area (Å²) in [4.78, 5) is 32.1. The molecule has 0 unspecified atom stereocenters. The number of carbonyl (C=O) groups excluding carboxylic acids is 2. The van der Waals surface area contributed by atoms with Crippen LogP contribution in [0.5, 0.6) is 0 Å². The van der Waals surface area contributed by atoms with Crippen molar-refractivity contribution in [3.05, 3.63) is 53.1 Å². The summed E-state index contributed by atoms with van der Waals surface area (Å²) < 4.78 is 5.95. The van der Waals surface area contributed by atoms with Crippen LogP contribution >= 0.6 is 11.5 Å². The van der Waals surface area contributed by atoms with Crippen LogP contribution in [-0.4, -0.2) is 60.2 Å². The Balaban J connectivity index is 1.03. The lowest BCUT2D eigenvalue weighted by molar-refractivity contribution is -0.119. The highest BCUT2D eigenvalue weighted by Crippen LogP contribution is 2.37. The number of benzene rings is 2. The van der Waals surface area contributed by atoms with E-state index >= 15 is 0 Å². The van der Waals surface area contributed by atoms with E-state index in [1.807, 2.05) is 4.90 Å². The van der Waals surface area contributed by atoms with Crippen LogP contribution in [0, 0.1) is 0 Å². The number of amides is 1. The molecule has 0 radical (unpaired) electrons. The number of anilines is 2. The molecule has 3 aliphatic rings. The quantitative estimate of drug-likeness (QED) is 0.499. The van der Waals surface area contributed by atoms with Crippen LogP contribution in [0.1, 0.15) is 47.2 Å².